The van der Waals surface area contributed by atoms with Gasteiger partial charge in [-0.3, -0.25) is 14.6 Å². The summed E-state index contributed by atoms with van der Waals surface area (Å²) in [7, 11) is 4.49. The quantitative estimate of drug-likeness (QED) is 0.286. The van der Waals surface area contributed by atoms with Crippen LogP contribution < -0.4 is 5.32 Å². The van der Waals surface area contributed by atoms with Crippen molar-refractivity contribution in [3.8, 4) is 0 Å². The molecule has 57 heavy (non-hydrogen) atoms. The zero-order chi connectivity index (χ0) is 41.4. The molecule has 0 unspecified atom stereocenters. The average Bonchev–Trinajstić information content (AvgIpc) is 3.47. The highest BCUT2D eigenvalue weighted by Gasteiger charge is 2.34. The van der Waals surface area contributed by atoms with Crippen LogP contribution in [0.1, 0.15) is 84.3 Å². The van der Waals surface area contributed by atoms with E-state index in [-0.39, 0.29) is 12.1 Å². The Morgan fingerprint density at radius 3 is 1.53 bits per heavy atom. The van der Waals surface area contributed by atoms with E-state index in [2.05, 4.69) is 68.0 Å². The number of halogens is 2. The topological polar surface area (TPSA) is 80.8 Å². The number of likely N-dealkylation sites (tertiary alicyclic amines) is 1. The summed E-state index contributed by atoms with van der Waals surface area (Å²) in [5.41, 5.74) is 2.31. The summed E-state index contributed by atoms with van der Waals surface area (Å²) in [5.74, 6) is -0.211. The summed E-state index contributed by atoms with van der Waals surface area (Å²) in [4.78, 5) is 34.6. The van der Waals surface area contributed by atoms with Crippen LogP contribution in [0.15, 0.2) is 48.5 Å². The number of piperidine rings is 2. The van der Waals surface area contributed by atoms with Crippen molar-refractivity contribution in [1.82, 2.24) is 29.8 Å². The molecule has 4 aliphatic heterocycles. The molecule has 2 aromatic carbocycles. The van der Waals surface area contributed by atoms with Crippen molar-refractivity contribution in [2.45, 2.75) is 116 Å². The number of hydrogen-bond donors (Lipinski definition) is 1. The number of carbonyl (C=O) groups is 2. The Kier molecular flexibility index (Phi) is 19.9. The third kappa shape index (κ3) is 17.0. The predicted molar refractivity (Wildman–Crippen MR) is 235 cm³/mol. The van der Waals surface area contributed by atoms with Gasteiger partial charge in [-0.2, -0.15) is 0 Å². The molecule has 0 spiro atoms. The van der Waals surface area contributed by atoms with Gasteiger partial charge in [0.2, 0.25) is 0 Å². The molecule has 0 aliphatic carbocycles. The van der Waals surface area contributed by atoms with E-state index in [0.717, 1.165) is 74.5 Å². The van der Waals surface area contributed by atoms with Crippen molar-refractivity contribution < 1.29 is 19.1 Å². The van der Waals surface area contributed by atoms with Crippen molar-refractivity contribution in [2.24, 2.45) is 0 Å². The lowest BCUT2D eigenvalue weighted by molar-refractivity contribution is -0.140. The van der Waals surface area contributed by atoms with E-state index in [1.54, 1.807) is 6.92 Å². The van der Waals surface area contributed by atoms with Gasteiger partial charge in [-0.05, 0) is 155 Å². The molecule has 2 atom stereocenters. The molecular formula is C45H72Cl2N6O4. The molecule has 320 valence electrons. The molecule has 6 rings (SSSR count). The second-order valence-electron chi connectivity index (χ2n) is 17.3. The number of hydrogen-bond acceptors (Lipinski definition) is 9. The monoisotopic (exact) mass is 830 g/mol. The van der Waals surface area contributed by atoms with Crippen molar-refractivity contribution in [1.29, 1.82) is 0 Å². The molecule has 0 radical (unpaired) electrons. The van der Waals surface area contributed by atoms with Gasteiger partial charge >= 0.3 is 12.1 Å². The molecule has 10 nitrogen and oxygen atoms in total. The lowest BCUT2D eigenvalue weighted by atomic mass is 9.97. The molecule has 4 saturated heterocycles. The Hall–Kier alpha value is -2.44. The maximum Gasteiger partial charge on any atom is 0.410 e. The summed E-state index contributed by atoms with van der Waals surface area (Å²) in [5, 5.41) is 5.12. The molecule has 4 fully saturated rings. The van der Waals surface area contributed by atoms with Crippen LogP contribution in [0.4, 0.5) is 4.79 Å². The van der Waals surface area contributed by atoms with Gasteiger partial charge in [0.05, 0.1) is 6.61 Å². The number of esters is 1. The highest BCUT2D eigenvalue weighted by molar-refractivity contribution is 6.30. The van der Waals surface area contributed by atoms with E-state index in [9.17, 15) is 9.59 Å². The fourth-order valence-electron chi connectivity index (χ4n) is 8.68. The van der Waals surface area contributed by atoms with Gasteiger partial charge in [0.15, 0.2) is 0 Å². The standard InChI is InChI=1S/C23H36ClN3O2.C18H28ClN3.C4H8O2/c1-23(2,3)29-22(28)26-14-10-20(11-15-26)27-13-5-12-25(4)17-21(27)16-18-6-8-19(24)9-7-18;1-21-11-2-12-22(17-7-9-20-10-8-17)18(14-21)13-15-3-5-16(19)6-4-15;1-3-6-4(2)5/h6-9,20-21H,5,10-17H2,1-4H3;3-6,17-18,20H,2,7-14H2,1H3;3H2,1-2H3/t21-;18-;/m00./s1. The van der Waals surface area contributed by atoms with Gasteiger partial charge in [-0.25, -0.2) is 4.79 Å². The maximum absolute atomic E-state index is 12.4. The van der Waals surface area contributed by atoms with E-state index < -0.39 is 5.60 Å². The molecule has 0 aromatic heterocycles. The smallest absolute Gasteiger partial charge is 0.410 e. The summed E-state index contributed by atoms with van der Waals surface area (Å²) in [6, 6.07) is 19.1. The first-order valence-electron chi connectivity index (χ1n) is 21.4. The number of likely N-dealkylation sites (N-methyl/N-ethyl adjacent to an activating group) is 2. The molecule has 0 saturated carbocycles. The first-order valence-corrected chi connectivity index (χ1v) is 22.2. The van der Waals surface area contributed by atoms with Gasteiger partial charge in [0.25, 0.3) is 0 Å². The molecule has 1 N–H and O–H groups in total. The molecule has 2 aromatic rings. The van der Waals surface area contributed by atoms with Crippen LogP contribution in [-0.2, 0) is 27.1 Å². The van der Waals surface area contributed by atoms with Crippen molar-refractivity contribution in [3.05, 3.63) is 69.7 Å². The van der Waals surface area contributed by atoms with Crippen molar-refractivity contribution in [3.63, 3.8) is 0 Å². The molecule has 4 aliphatic rings. The molecular weight excluding hydrogens is 759 g/mol. The number of rotatable bonds is 7. The lowest BCUT2D eigenvalue weighted by Gasteiger charge is -2.42. The number of benzene rings is 2. The van der Waals surface area contributed by atoms with E-state index >= 15 is 0 Å². The van der Waals surface area contributed by atoms with Crippen LogP contribution in [0, 0.1) is 0 Å². The van der Waals surface area contributed by atoms with Crippen LogP contribution >= 0.6 is 23.2 Å². The van der Waals surface area contributed by atoms with E-state index in [0.29, 0.717) is 24.7 Å². The molecule has 12 heteroatoms. The van der Waals surface area contributed by atoms with Gasteiger partial charge in [0.1, 0.15) is 5.60 Å². The number of nitrogens with one attached hydrogen (secondary N) is 1. The molecule has 1 amide bonds. The number of ether oxygens (including phenoxy) is 2. The summed E-state index contributed by atoms with van der Waals surface area (Å²) < 4.78 is 9.96. The second kappa shape index (κ2) is 24.0. The minimum absolute atomic E-state index is 0.177. The Balaban J connectivity index is 0.000000227. The molecule has 0 bridgehead atoms. The van der Waals surface area contributed by atoms with Crippen LogP contribution in [0.5, 0.6) is 0 Å². The SMILES string of the molecule is CCOC(C)=O.CN1CCCN(C2CCN(C(=O)OC(C)(C)C)CC2)[C@@H](Cc2ccc(Cl)cc2)C1.CN1CCCN(C2CCNCC2)[C@@H](Cc2ccc(Cl)cc2)C1. The Morgan fingerprint density at radius 2 is 1.14 bits per heavy atom. The summed E-state index contributed by atoms with van der Waals surface area (Å²) in [6.45, 7) is 20.3. The number of nitrogens with zero attached hydrogens (tertiary/aromatic N) is 5. The minimum Gasteiger partial charge on any atom is -0.466 e. The average molecular weight is 832 g/mol. The Labute approximate surface area is 354 Å². The second-order valence-corrected chi connectivity index (χ2v) is 18.2. The van der Waals surface area contributed by atoms with E-state index in [1.165, 1.54) is 76.5 Å². The zero-order valence-electron chi connectivity index (χ0n) is 36.0. The van der Waals surface area contributed by atoms with Crippen LogP contribution in [0.25, 0.3) is 0 Å². The third-order valence-corrected chi connectivity index (χ3v) is 11.9. The Bertz CT molecular complexity index is 1460. The van der Waals surface area contributed by atoms with Crippen molar-refractivity contribution in [2.75, 3.05) is 86.1 Å². The maximum atomic E-state index is 12.4. The van der Waals surface area contributed by atoms with Crippen LogP contribution in [0.3, 0.4) is 0 Å². The van der Waals surface area contributed by atoms with Gasteiger partial charge in [-0.15, -0.1) is 0 Å². The predicted octanol–water partition coefficient (Wildman–Crippen LogP) is 7.50. The number of amides is 1. The van der Waals surface area contributed by atoms with Crippen LogP contribution in [-0.4, -0.2) is 152 Å². The highest BCUT2D eigenvalue weighted by atomic mass is 35.5. The van der Waals surface area contributed by atoms with Gasteiger partial charge in [-0.1, -0.05) is 47.5 Å². The summed E-state index contributed by atoms with van der Waals surface area (Å²) >= 11 is 12.1. The largest absolute Gasteiger partial charge is 0.466 e. The summed E-state index contributed by atoms with van der Waals surface area (Å²) in [6.07, 6.45) is 9.09. The first kappa shape index (κ1) is 47.2. The van der Waals surface area contributed by atoms with Gasteiger partial charge in [0, 0.05) is 80.4 Å². The normalized spacial score (nSPS) is 22.6. The molecule has 4 heterocycles. The Morgan fingerprint density at radius 1 is 0.702 bits per heavy atom. The number of carbonyl (C=O) groups excluding carboxylic acids is 2. The fourth-order valence-corrected chi connectivity index (χ4v) is 8.93. The highest BCUT2D eigenvalue weighted by Crippen LogP contribution is 2.26. The fraction of sp³-hybridized carbons (Fsp3) is 0.689. The van der Waals surface area contributed by atoms with Crippen molar-refractivity contribution >= 4 is 35.3 Å². The third-order valence-electron chi connectivity index (χ3n) is 11.4. The first-order chi connectivity index (χ1) is 27.2. The lowest BCUT2D eigenvalue weighted by Crippen LogP contribution is -2.52. The van der Waals surface area contributed by atoms with E-state index in [4.69, 9.17) is 27.9 Å². The van der Waals surface area contributed by atoms with E-state index in [1.807, 2.05) is 49.9 Å². The minimum atomic E-state index is -0.438. The zero-order valence-corrected chi connectivity index (χ0v) is 37.5. The van der Waals surface area contributed by atoms with Crippen LogP contribution in [0.2, 0.25) is 10.0 Å². The van der Waals surface area contributed by atoms with Gasteiger partial charge < -0.3 is 29.5 Å².